The van der Waals surface area contributed by atoms with Crippen molar-refractivity contribution in [1.29, 1.82) is 0 Å². The van der Waals surface area contributed by atoms with Crippen LogP contribution in [-0.4, -0.2) is 69.4 Å². The van der Waals surface area contributed by atoms with Crippen LogP contribution >= 0.6 is 22.9 Å². The first-order valence-electron chi connectivity index (χ1n) is 11.8. The first-order chi connectivity index (χ1) is 17.4. The summed E-state index contributed by atoms with van der Waals surface area (Å²) in [6, 6.07) is 9.25. The standard InChI is InChI=1S/C25H27ClN6O3S/c1-16-12-21(29-32(16)19-5-3-4-18(26)13-19)23-17(2)28-25-31(24(23)34)20(15-36-25)14-22(33)27-6-7-30-8-10-35-11-9-30/h3-5,12-13,15H,6-11,14H2,1-2H3,(H,27,33). The van der Waals surface area contributed by atoms with Crippen LogP contribution in [0.2, 0.25) is 5.02 Å². The summed E-state index contributed by atoms with van der Waals surface area (Å²) in [6.45, 7) is 8.27. The first-order valence-corrected chi connectivity index (χ1v) is 13.1. The molecule has 1 aliphatic rings. The first kappa shape index (κ1) is 24.6. The number of aryl methyl sites for hydroxylation is 2. The van der Waals surface area contributed by atoms with E-state index in [1.165, 1.54) is 15.7 Å². The Balaban J connectivity index is 1.39. The van der Waals surface area contributed by atoms with Gasteiger partial charge in [-0.15, -0.1) is 11.3 Å². The second kappa shape index (κ2) is 10.5. The van der Waals surface area contributed by atoms with Gasteiger partial charge >= 0.3 is 0 Å². The molecule has 3 aromatic heterocycles. The SMILES string of the molecule is Cc1nc2scc(CC(=O)NCCN3CCOCC3)n2c(=O)c1-c1cc(C)n(-c2cccc(Cl)c2)n1. The van der Waals surface area contributed by atoms with E-state index in [1.54, 1.807) is 10.7 Å². The van der Waals surface area contributed by atoms with Gasteiger partial charge in [0.1, 0.15) is 5.69 Å². The van der Waals surface area contributed by atoms with E-state index >= 15 is 0 Å². The smallest absolute Gasteiger partial charge is 0.268 e. The molecule has 1 fully saturated rings. The molecule has 188 valence electrons. The van der Waals surface area contributed by atoms with Gasteiger partial charge in [-0.3, -0.25) is 18.9 Å². The molecule has 0 spiro atoms. The molecule has 0 radical (unpaired) electrons. The van der Waals surface area contributed by atoms with Gasteiger partial charge in [0, 0.05) is 48.0 Å². The number of nitrogens with zero attached hydrogens (tertiary/aromatic N) is 5. The summed E-state index contributed by atoms with van der Waals surface area (Å²) in [7, 11) is 0. The van der Waals surface area contributed by atoms with Crippen molar-refractivity contribution in [3.8, 4) is 16.9 Å². The minimum atomic E-state index is -0.231. The van der Waals surface area contributed by atoms with Crippen LogP contribution < -0.4 is 10.9 Å². The maximum Gasteiger partial charge on any atom is 0.268 e. The highest BCUT2D eigenvalue weighted by Crippen LogP contribution is 2.24. The average molecular weight is 527 g/mol. The van der Waals surface area contributed by atoms with E-state index in [0.717, 1.165) is 44.2 Å². The van der Waals surface area contributed by atoms with Crippen LogP contribution in [-0.2, 0) is 16.0 Å². The fraction of sp³-hybridized carbons (Fsp3) is 0.360. The summed E-state index contributed by atoms with van der Waals surface area (Å²) in [5, 5.41) is 10.1. The number of hydrogen-bond donors (Lipinski definition) is 1. The highest BCUT2D eigenvalue weighted by Gasteiger charge is 2.20. The van der Waals surface area contributed by atoms with Crippen LogP contribution in [0.1, 0.15) is 17.1 Å². The summed E-state index contributed by atoms with van der Waals surface area (Å²) < 4.78 is 8.64. The van der Waals surface area contributed by atoms with Crippen LogP contribution in [0.15, 0.2) is 40.5 Å². The number of carbonyl (C=O) groups excluding carboxylic acids is 1. The number of aromatic nitrogens is 4. The number of carbonyl (C=O) groups is 1. The average Bonchev–Trinajstić information content (AvgIpc) is 3.43. The van der Waals surface area contributed by atoms with Gasteiger partial charge in [-0.25, -0.2) is 9.67 Å². The molecular weight excluding hydrogens is 500 g/mol. The van der Waals surface area contributed by atoms with Crippen molar-refractivity contribution >= 4 is 33.8 Å². The van der Waals surface area contributed by atoms with Gasteiger partial charge in [0.05, 0.1) is 36.6 Å². The fourth-order valence-electron chi connectivity index (χ4n) is 4.40. The number of halogens is 1. The zero-order valence-corrected chi connectivity index (χ0v) is 21.7. The third-order valence-electron chi connectivity index (χ3n) is 6.21. The van der Waals surface area contributed by atoms with E-state index in [0.29, 0.717) is 39.2 Å². The van der Waals surface area contributed by atoms with Gasteiger partial charge in [0.15, 0.2) is 4.96 Å². The van der Waals surface area contributed by atoms with Crippen molar-refractivity contribution in [2.75, 3.05) is 39.4 Å². The zero-order chi connectivity index (χ0) is 25.2. The molecule has 36 heavy (non-hydrogen) atoms. The minimum Gasteiger partial charge on any atom is -0.379 e. The lowest BCUT2D eigenvalue weighted by molar-refractivity contribution is -0.120. The van der Waals surface area contributed by atoms with Crippen LogP contribution in [0.4, 0.5) is 0 Å². The quantitative estimate of drug-likeness (QED) is 0.398. The number of nitrogens with one attached hydrogen (secondary N) is 1. The Morgan fingerprint density at radius 1 is 1.22 bits per heavy atom. The lowest BCUT2D eigenvalue weighted by Crippen LogP contribution is -2.41. The van der Waals surface area contributed by atoms with E-state index in [2.05, 4.69) is 15.2 Å². The molecule has 1 amide bonds. The molecule has 1 aliphatic heterocycles. The molecule has 4 aromatic rings. The van der Waals surface area contributed by atoms with Crippen molar-refractivity contribution in [3.63, 3.8) is 0 Å². The Hall–Kier alpha value is -3.05. The molecule has 0 bridgehead atoms. The molecule has 0 aliphatic carbocycles. The second-order valence-corrected chi connectivity index (χ2v) is 10.0. The van der Waals surface area contributed by atoms with Crippen molar-refractivity contribution in [2.45, 2.75) is 20.3 Å². The van der Waals surface area contributed by atoms with Gasteiger partial charge in [-0.2, -0.15) is 5.10 Å². The zero-order valence-electron chi connectivity index (χ0n) is 20.2. The van der Waals surface area contributed by atoms with E-state index in [1.807, 2.05) is 43.5 Å². The maximum atomic E-state index is 13.7. The largest absolute Gasteiger partial charge is 0.379 e. The maximum absolute atomic E-state index is 13.7. The van der Waals surface area contributed by atoms with Crippen molar-refractivity contribution in [2.24, 2.45) is 0 Å². The van der Waals surface area contributed by atoms with Gasteiger partial charge < -0.3 is 10.1 Å². The highest BCUT2D eigenvalue weighted by atomic mass is 35.5. The third-order valence-corrected chi connectivity index (χ3v) is 7.32. The molecule has 11 heteroatoms. The molecule has 1 N–H and O–H groups in total. The molecule has 1 aromatic carbocycles. The molecular formula is C25H27ClN6O3S. The number of thiazole rings is 1. The number of amides is 1. The molecule has 4 heterocycles. The summed E-state index contributed by atoms with van der Waals surface area (Å²) in [5.41, 5.74) is 3.60. The van der Waals surface area contributed by atoms with Crippen molar-refractivity contribution in [1.82, 2.24) is 29.4 Å². The number of hydrogen-bond acceptors (Lipinski definition) is 7. The number of benzene rings is 1. The van der Waals surface area contributed by atoms with Crippen molar-refractivity contribution in [3.05, 3.63) is 68.2 Å². The Morgan fingerprint density at radius 3 is 2.81 bits per heavy atom. The number of fused-ring (bicyclic) bond motifs is 1. The Kier molecular flexibility index (Phi) is 7.20. The van der Waals surface area contributed by atoms with E-state index in [-0.39, 0.29) is 17.9 Å². The van der Waals surface area contributed by atoms with Gasteiger partial charge in [0.2, 0.25) is 5.91 Å². The van der Waals surface area contributed by atoms with Crippen molar-refractivity contribution < 1.29 is 9.53 Å². The topological polar surface area (TPSA) is 93.8 Å². The van der Waals surface area contributed by atoms with E-state index in [4.69, 9.17) is 21.4 Å². The normalized spacial score (nSPS) is 14.4. The minimum absolute atomic E-state index is 0.100. The summed E-state index contributed by atoms with van der Waals surface area (Å²) in [6.07, 6.45) is 0.100. The lowest BCUT2D eigenvalue weighted by Gasteiger charge is -2.26. The molecule has 0 saturated carbocycles. The van der Waals surface area contributed by atoms with Gasteiger partial charge in [-0.1, -0.05) is 17.7 Å². The molecule has 0 unspecified atom stereocenters. The van der Waals surface area contributed by atoms with Crippen LogP contribution in [0.5, 0.6) is 0 Å². The predicted molar refractivity (Wildman–Crippen MR) is 140 cm³/mol. The molecule has 9 nitrogen and oxygen atoms in total. The lowest BCUT2D eigenvalue weighted by atomic mass is 10.1. The van der Waals surface area contributed by atoms with Crippen LogP contribution in [0, 0.1) is 13.8 Å². The van der Waals surface area contributed by atoms with Gasteiger partial charge in [-0.05, 0) is 38.1 Å². The molecule has 1 saturated heterocycles. The predicted octanol–water partition coefficient (Wildman–Crippen LogP) is 2.87. The highest BCUT2D eigenvalue weighted by molar-refractivity contribution is 7.15. The Morgan fingerprint density at radius 2 is 2.03 bits per heavy atom. The Labute approximate surface area is 217 Å². The fourth-order valence-corrected chi connectivity index (χ4v) is 5.51. The number of ether oxygens (including phenoxy) is 1. The summed E-state index contributed by atoms with van der Waals surface area (Å²) in [4.78, 5) is 33.8. The summed E-state index contributed by atoms with van der Waals surface area (Å²) in [5.74, 6) is -0.127. The van der Waals surface area contributed by atoms with Crippen LogP contribution in [0.25, 0.3) is 21.9 Å². The summed E-state index contributed by atoms with van der Waals surface area (Å²) >= 11 is 7.51. The van der Waals surface area contributed by atoms with E-state index < -0.39 is 0 Å². The van der Waals surface area contributed by atoms with Gasteiger partial charge in [0.25, 0.3) is 5.56 Å². The molecule has 0 atom stereocenters. The number of rotatable bonds is 7. The Bertz CT molecular complexity index is 1470. The second-order valence-electron chi connectivity index (χ2n) is 8.77. The monoisotopic (exact) mass is 526 g/mol. The number of morpholine rings is 1. The van der Waals surface area contributed by atoms with E-state index in [9.17, 15) is 9.59 Å². The molecule has 5 rings (SSSR count). The van der Waals surface area contributed by atoms with Crippen LogP contribution in [0.3, 0.4) is 0 Å². The third kappa shape index (κ3) is 5.08.